The van der Waals surface area contributed by atoms with E-state index in [0.717, 1.165) is 30.7 Å². The van der Waals surface area contributed by atoms with Crippen LogP contribution in [0.1, 0.15) is 43.6 Å². The minimum Gasteiger partial charge on any atom is -0.393 e. The molecule has 1 amide bonds. The first-order valence-corrected chi connectivity index (χ1v) is 7.36. The van der Waals surface area contributed by atoms with Gasteiger partial charge in [0, 0.05) is 25.2 Å². The first kappa shape index (κ1) is 15.0. The van der Waals surface area contributed by atoms with Gasteiger partial charge < -0.3 is 10.0 Å². The van der Waals surface area contributed by atoms with Gasteiger partial charge in [0.05, 0.1) is 11.8 Å². The largest absolute Gasteiger partial charge is 0.393 e. The molecule has 0 spiro atoms. The molecule has 0 aromatic carbocycles. The van der Waals surface area contributed by atoms with Crippen LogP contribution in [0, 0.1) is 19.8 Å². The molecule has 1 aliphatic carbocycles. The molecule has 3 atom stereocenters. The Hall–Kier alpha value is -1.36. The number of rotatable bonds is 4. The summed E-state index contributed by atoms with van der Waals surface area (Å²) in [5.41, 5.74) is 1.92. The zero-order valence-electron chi connectivity index (χ0n) is 12.8. The molecule has 3 unspecified atom stereocenters. The van der Waals surface area contributed by atoms with E-state index in [-0.39, 0.29) is 24.0 Å². The normalized spacial score (nSPS) is 23.9. The minimum atomic E-state index is -0.299. The first-order valence-electron chi connectivity index (χ1n) is 7.36. The van der Waals surface area contributed by atoms with Crippen molar-refractivity contribution in [2.75, 3.05) is 13.6 Å². The van der Waals surface area contributed by atoms with Crippen LogP contribution in [0.5, 0.6) is 0 Å². The second kappa shape index (κ2) is 5.95. The number of aromatic nitrogens is 2. The van der Waals surface area contributed by atoms with Crippen LogP contribution < -0.4 is 0 Å². The maximum Gasteiger partial charge on any atom is 0.246 e. The predicted molar refractivity (Wildman–Crippen MR) is 77.4 cm³/mol. The van der Waals surface area contributed by atoms with Crippen molar-refractivity contribution in [2.45, 2.75) is 52.2 Å². The Balaban J connectivity index is 2.01. The first-order chi connectivity index (χ1) is 9.40. The Bertz CT molecular complexity index is 483. The Labute approximate surface area is 120 Å². The quantitative estimate of drug-likeness (QED) is 0.912. The molecule has 2 rings (SSSR count). The van der Waals surface area contributed by atoms with E-state index in [4.69, 9.17) is 0 Å². The molecule has 5 heteroatoms. The topological polar surface area (TPSA) is 58.4 Å². The number of carbonyl (C=O) groups is 1. The molecule has 112 valence electrons. The van der Waals surface area contributed by atoms with E-state index in [1.165, 1.54) is 0 Å². The summed E-state index contributed by atoms with van der Waals surface area (Å²) in [6, 6.07) is 1.68. The van der Waals surface area contributed by atoms with Gasteiger partial charge in [0.25, 0.3) is 0 Å². The van der Waals surface area contributed by atoms with Crippen molar-refractivity contribution in [3.63, 3.8) is 0 Å². The summed E-state index contributed by atoms with van der Waals surface area (Å²) in [5.74, 6) is 0.270. The zero-order chi connectivity index (χ0) is 14.9. The van der Waals surface area contributed by atoms with Gasteiger partial charge in [0.15, 0.2) is 0 Å². The van der Waals surface area contributed by atoms with Gasteiger partial charge in [0.1, 0.15) is 6.04 Å². The Morgan fingerprint density at radius 3 is 2.75 bits per heavy atom. The lowest BCUT2D eigenvalue weighted by atomic mass is 10.1. The van der Waals surface area contributed by atoms with Crippen molar-refractivity contribution in [3.8, 4) is 0 Å². The highest BCUT2D eigenvalue weighted by atomic mass is 16.3. The van der Waals surface area contributed by atoms with Gasteiger partial charge in [-0.25, -0.2) is 0 Å². The molecule has 1 N–H and O–H groups in total. The van der Waals surface area contributed by atoms with Crippen LogP contribution in [0.4, 0.5) is 0 Å². The molecule has 1 aliphatic rings. The Morgan fingerprint density at radius 1 is 1.55 bits per heavy atom. The van der Waals surface area contributed by atoms with Gasteiger partial charge in [-0.1, -0.05) is 6.42 Å². The van der Waals surface area contributed by atoms with E-state index in [2.05, 4.69) is 5.10 Å². The van der Waals surface area contributed by atoms with Crippen molar-refractivity contribution in [1.29, 1.82) is 0 Å². The summed E-state index contributed by atoms with van der Waals surface area (Å²) in [7, 11) is 1.82. The lowest BCUT2D eigenvalue weighted by Gasteiger charge is -2.26. The number of carbonyl (C=O) groups excluding carboxylic acids is 1. The average Bonchev–Trinajstić information content (AvgIpc) is 2.94. The third-order valence-corrected chi connectivity index (χ3v) is 4.27. The van der Waals surface area contributed by atoms with Crippen LogP contribution >= 0.6 is 0 Å². The zero-order valence-corrected chi connectivity index (χ0v) is 12.8. The third kappa shape index (κ3) is 3.03. The fraction of sp³-hybridized carbons (Fsp3) is 0.733. The number of hydrogen-bond acceptors (Lipinski definition) is 3. The minimum absolute atomic E-state index is 0.0512. The molecule has 0 radical (unpaired) electrons. The fourth-order valence-electron chi connectivity index (χ4n) is 3.13. The van der Waals surface area contributed by atoms with Crippen molar-refractivity contribution < 1.29 is 9.90 Å². The third-order valence-electron chi connectivity index (χ3n) is 4.27. The van der Waals surface area contributed by atoms with Crippen molar-refractivity contribution in [1.82, 2.24) is 14.7 Å². The molecule has 1 aromatic heterocycles. The second-order valence-electron chi connectivity index (χ2n) is 6.02. The number of hydrogen-bond donors (Lipinski definition) is 1. The molecule has 1 aromatic rings. The molecular formula is C15H25N3O2. The van der Waals surface area contributed by atoms with Crippen molar-refractivity contribution in [3.05, 3.63) is 17.5 Å². The number of aliphatic hydroxyl groups excluding tert-OH is 1. The molecule has 0 saturated heterocycles. The second-order valence-corrected chi connectivity index (χ2v) is 6.02. The molecule has 1 saturated carbocycles. The molecule has 1 heterocycles. The number of amides is 1. The van der Waals surface area contributed by atoms with Crippen LogP contribution in [0.25, 0.3) is 0 Å². The highest BCUT2D eigenvalue weighted by Gasteiger charge is 2.29. The molecule has 20 heavy (non-hydrogen) atoms. The van der Waals surface area contributed by atoms with Gasteiger partial charge in [-0.15, -0.1) is 0 Å². The molecule has 0 bridgehead atoms. The maximum atomic E-state index is 12.5. The van der Waals surface area contributed by atoms with E-state index in [0.29, 0.717) is 6.54 Å². The molecule has 5 nitrogen and oxygen atoms in total. The molecule has 1 fully saturated rings. The molecule has 0 aliphatic heterocycles. The highest BCUT2D eigenvalue weighted by molar-refractivity contribution is 5.79. The lowest BCUT2D eigenvalue weighted by molar-refractivity contribution is -0.134. The molecular weight excluding hydrogens is 254 g/mol. The SMILES string of the molecule is Cc1cc(C)n(C(C)C(=O)N(C)CC2CCCC2O)n1. The Morgan fingerprint density at radius 2 is 2.25 bits per heavy atom. The number of aliphatic hydroxyl groups is 1. The van der Waals surface area contributed by atoms with Crippen LogP contribution in [-0.4, -0.2) is 45.4 Å². The summed E-state index contributed by atoms with van der Waals surface area (Å²) >= 11 is 0. The van der Waals surface area contributed by atoms with Gasteiger partial charge >= 0.3 is 0 Å². The summed E-state index contributed by atoms with van der Waals surface area (Å²) in [4.78, 5) is 14.2. The van der Waals surface area contributed by atoms with Crippen molar-refractivity contribution >= 4 is 5.91 Å². The Kier molecular flexibility index (Phi) is 4.48. The van der Waals surface area contributed by atoms with Crippen molar-refractivity contribution in [2.24, 2.45) is 5.92 Å². The number of likely N-dealkylation sites (N-methyl/N-ethyl adjacent to an activating group) is 1. The monoisotopic (exact) mass is 279 g/mol. The summed E-state index contributed by atoms with van der Waals surface area (Å²) in [5, 5.41) is 14.2. The van der Waals surface area contributed by atoms with E-state index in [1.54, 1.807) is 9.58 Å². The van der Waals surface area contributed by atoms with Crippen LogP contribution in [-0.2, 0) is 4.79 Å². The van der Waals surface area contributed by atoms with E-state index >= 15 is 0 Å². The van der Waals surface area contributed by atoms with Gasteiger partial charge in [-0.2, -0.15) is 5.10 Å². The number of nitrogens with zero attached hydrogens (tertiary/aromatic N) is 3. The van der Waals surface area contributed by atoms with Crippen LogP contribution in [0.2, 0.25) is 0 Å². The smallest absolute Gasteiger partial charge is 0.246 e. The predicted octanol–water partition coefficient (Wildman–Crippen LogP) is 1.68. The number of aryl methyl sites for hydroxylation is 2. The van der Waals surface area contributed by atoms with Crippen LogP contribution in [0.15, 0.2) is 6.07 Å². The van der Waals surface area contributed by atoms with Gasteiger partial charge in [-0.3, -0.25) is 9.48 Å². The lowest BCUT2D eigenvalue weighted by Crippen LogP contribution is -2.38. The van der Waals surface area contributed by atoms with Gasteiger partial charge in [-0.05, 0) is 39.7 Å². The summed E-state index contributed by atoms with van der Waals surface area (Å²) in [6.45, 7) is 6.40. The van der Waals surface area contributed by atoms with E-state index < -0.39 is 0 Å². The summed E-state index contributed by atoms with van der Waals surface area (Å²) in [6.07, 6.45) is 2.67. The fourth-order valence-corrected chi connectivity index (χ4v) is 3.13. The standard InChI is InChI=1S/C15H25N3O2/c1-10-8-11(2)18(16-10)12(3)15(20)17(4)9-13-6-5-7-14(13)19/h8,12-14,19H,5-7,9H2,1-4H3. The van der Waals surface area contributed by atoms with Gasteiger partial charge in [0.2, 0.25) is 5.91 Å². The van der Waals surface area contributed by atoms with E-state index in [9.17, 15) is 9.90 Å². The highest BCUT2D eigenvalue weighted by Crippen LogP contribution is 2.26. The van der Waals surface area contributed by atoms with E-state index in [1.807, 2.05) is 33.9 Å². The average molecular weight is 279 g/mol. The maximum absolute atomic E-state index is 12.5. The van der Waals surface area contributed by atoms with Crippen LogP contribution in [0.3, 0.4) is 0 Å². The summed E-state index contributed by atoms with van der Waals surface area (Å²) < 4.78 is 1.78.